The average molecular weight is 349 g/mol. The van der Waals surface area contributed by atoms with Crippen molar-refractivity contribution in [3.63, 3.8) is 0 Å². The Labute approximate surface area is 152 Å². The number of nitrogens with one attached hydrogen (secondary N) is 1. The van der Waals surface area contributed by atoms with Gasteiger partial charge in [-0.1, -0.05) is 18.2 Å². The van der Waals surface area contributed by atoms with Crippen molar-refractivity contribution in [1.29, 1.82) is 0 Å². The normalized spacial score (nSPS) is 15.5. The SMILES string of the molecule is Cn1c(=O)c(CNC2CCN(c3cccnn3)CC2)cc2ccccc21. The molecule has 1 aliphatic rings. The molecule has 0 aliphatic carbocycles. The van der Waals surface area contributed by atoms with Crippen LogP contribution in [0.2, 0.25) is 0 Å². The van der Waals surface area contributed by atoms with E-state index in [4.69, 9.17) is 0 Å². The van der Waals surface area contributed by atoms with Gasteiger partial charge in [0.2, 0.25) is 0 Å². The van der Waals surface area contributed by atoms with Crippen LogP contribution in [0.15, 0.2) is 53.5 Å². The summed E-state index contributed by atoms with van der Waals surface area (Å²) in [7, 11) is 1.84. The van der Waals surface area contributed by atoms with Crippen LogP contribution in [0.5, 0.6) is 0 Å². The molecule has 1 N–H and O–H groups in total. The first kappa shape index (κ1) is 16.7. The molecule has 4 rings (SSSR count). The van der Waals surface area contributed by atoms with Gasteiger partial charge in [0, 0.05) is 44.5 Å². The standard InChI is InChI=1S/C20H23N5O/c1-24-18-6-3-2-5-15(18)13-16(20(24)26)14-21-17-8-11-25(12-9-17)19-7-4-10-22-23-19/h2-7,10,13,17,21H,8-9,11-12,14H2,1H3. The van der Waals surface area contributed by atoms with Crippen molar-refractivity contribution in [3.05, 3.63) is 64.6 Å². The number of benzene rings is 1. The predicted octanol–water partition coefficient (Wildman–Crippen LogP) is 2.09. The first-order chi connectivity index (χ1) is 12.7. The van der Waals surface area contributed by atoms with Crippen LogP contribution in [-0.4, -0.2) is 33.9 Å². The number of piperidine rings is 1. The molecule has 6 heteroatoms. The maximum absolute atomic E-state index is 12.6. The summed E-state index contributed by atoms with van der Waals surface area (Å²) in [4.78, 5) is 14.9. The highest BCUT2D eigenvalue weighted by molar-refractivity contribution is 5.79. The van der Waals surface area contributed by atoms with Crippen LogP contribution in [-0.2, 0) is 13.6 Å². The van der Waals surface area contributed by atoms with Crippen molar-refractivity contribution in [1.82, 2.24) is 20.1 Å². The molecule has 0 spiro atoms. The van der Waals surface area contributed by atoms with Crippen molar-refractivity contribution in [2.24, 2.45) is 7.05 Å². The third kappa shape index (κ3) is 3.32. The number of pyridine rings is 1. The van der Waals surface area contributed by atoms with Crippen LogP contribution >= 0.6 is 0 Å². The zero-order valence-electron chi connectivity index (χ0n) is 14.9. The Morgan fingerprint density at radius 3 is 2.73 bits per heavy atom. The zero-order valence-corrected chi connectivity index (χ0v) is 14.9. The molecule has 0 saturated carbocycles. The van der Waals surface area contributed by atoms with Gasteiger partial charge in [-0.25, -0.2) is 0 Å². The Kier molecular flexibility index (Phi) is 4.67. The first-order valence-electron chi connectivity index (χ1n) is 9.06. The number of aromatic nitrogens is 3. The van der Waals surface area contributed by atoms with E-state index in [2.05, 4.69) is 26.5 Å². The molecule has 6 nitrogen and oxygen atoms in total. The van der Waals surface area contributed by atoms with Crippen LogP contribution < -0.4 is 15.8 Å². The zero-order chi connectivity index (χ0) is 17.9. The van der Waals surface area contributed by atoms with E-state index in [0.29, 0.717) is 12.6 Å². The monoisotopic (exact) mass is 349 g/mol. The van der Waals surface area contributed by atoms with Crippen molar-refractivity contribution in [3.8, 4) is 0 Å². The molecule has 26 heavy (non-hydrogen) atoms. The van der Waals surface area contributed by atoms with E-state index in [9.17, 15) is 4.79 Å². The minimum Gasteiger partial charge on any atom is -0.355 e. The number of hydrogen-bond acceptors (Lipinski definition) is 5. The van der Waals surface area contributed by atoms with E-state index in [-0.39, 0.29) is 5.56 Å². The van der Waals surface area contributed by atoms with Crippen LogP contribution in [0.3, 0.4) is 0 Å². The van der Waals surface area contributed by atoms with E-state index >= 15 is 0 Å². The third-order valence-corrected chi connectivity index (χ3v) is 5.17. The molecule has 1 saturated heterocycles. The van der Waals surface area contributed by atoms with Crippen LogP contribution in [0, 0.1) is 0 Å². The second-order valence-electron chi connectivity index (χ2n) is 6.82. The molecule has 0 amide bonds. The lowest BCUT2D eigenvalue weighted by atomic mass is 10.0. The molecule has 2 aromatic heterocycles. The van der Waals surface area contributed by atoms with Crippen LogP contribution in [0.4, 0.5) is 5.82 Å². The van der Waals surface area contributed by atoms with Gasteiger partial charge in [0.25, 0.3) is 5.56 Å². The summed E-state index contributed by atoms with van der Waals surface area (Å²) in [6.07, 6.45) is 3.76. The van der Waals surface area contributed by atoms with Crippen molar-refractivity contribution in [2.75, 3.05) is 18.0 Å². The number of para-hydroxylation sites is 1. The Morgan fingerprint density at radius 1 is 1.15 bits per heavy atom. The molecule has 134 valence electrons. The quantitative estimate of drug-likeness (QED) is 0.781. The second-order valence-corrected chi connectivity index (χ2v) is 6.82. The summed E-state index contributed by atoms with van der Waals surface area (Å²) in [6.45, 7) is 2.51. The number of fused-ring (bicyclic) bond motifs is 1. The fraction of sp³-hybridized carbons (Fsp3) is 0.350. The summed E-state index contributed by atoms with van der Waals surface area (Å²) in [5.74, 6) is 0.939. The van der Waals surface area contributed by atoms with Gasteiger partial charge in [0.1, 0.15) is 0 Å². The number of nitrogens with zero attached hydrogens (tertiary/aromatic N) is 4. The Bertz CT molecular complexity index is 945. The summed E-state index contributed by atoms with van der Waals surface area (Å²) in [5.41, 5.74) is 1.87. The molecule has 1 aliphatic heterocycles. The lowest BCUT2D eigenvalue weighted by molar-refractivity contribution is 0.411. The van der Waals surface area contributed by atoms with Gasteiger partial charge in [0.15, 0.2) is 5.82 Å². The highest BCUT2D eigenvalue weighted by Crippen LogP contribution is 2.17. The Morgan fingerprint density at radius 2 is 1.96 bits per heavy atom. The van der Waals surface area contributed by atoms with Gasteiger partial charge in [-0.3, -0.25) is 4.79 Å². The van der Waals surface area contributed by atoms with Gasteiger partial charge < -0.3 is 14.8 Å². The molecule has 0 unspecified atom stereocenters. The van der Waals surface area contributed by atoms with Crippen LogP contribution in [0.1, 0.15) is 18.4 Å². The Hall–Kier alpha value is -2.73. The largest absolute Gasteiger partial charge is 0.355 e. The maximum Gasteiger partial charge on any atom is 0.255 e. The minimum atomic E-state index is 0.0770. The topological polar surface area (TPSA) is 63.1 Å². The molecule has 3 heterocycles. The third-order valence-electron chi connectivity index (χ3n) is 5.17. The lowest BCUT2D eigenvalue weighted by Crippen LogP contribution is -2.43. The number of rotatable bonds is 4. The first-order valence-corrected chi connectivity index (χ1v) is 9.06. The minimum absolute atomic E-state index is 0.0770. The number of aryl methyl sites for hydroxylation is 1. The fourth-order valence-corrected chi connectivity index (χ4v) is 3.65. The predicted molar refractivity (Wildman–Crippen MR) is 103 cm³/mol. The molecule has 0 atom stereocenters. The average Bonchev–Trinajstić information content (AvgIpc) is 2.71. The highest BCUT2D eigenvalue weighted by atomic mass is 16.1. The van der Waals surface area contributed by atoms with Crippen molar-refractivity contribution < 1.29 is 0 Å². The van der Waals surface area contributed by atoms with Crippen LogP contribution in [0.25, 0.3) is 10.9 Å². The van der Waals surface area contributed by atoms with Gasteiger partial charge in [-0.2, -0.15) is 5.10 Å². The molecule has 1 fully saturated rings. The second kappa shape index (κ2) is 7.25. The molecule has 0 bridgehead atoms. The summed E-state index contributed by atoms with van der Waals surface area (Å²) in [5, 5.41) is 12.8. The van der Waals surface area contributed by atoms with Gasteiger partial charge >= 0.3 is 0 Å². The van der Waals surface area contributed by atoms with Crippen molar-refractivity contribution in [2.45, 2.75) is 25.4 Å². The molecule has 0 radical (unpaired) electrons. The Balaban J connectivity index is 1.40. The van der Waals surface area contributed by atoms with Crippen molar-refractivity contribution >= 4 is 16.7 Å². The van der Waals surface area contributed by atoms with Gasteiger partial charge in [-0.15, -0.1) is 5.10 Å². The maximum atomic E-state index is 12.6. The lowest BCUT2D eigenvalue weighted by Gasteiger charge is -2.33. The van der Waals surface area contributed by atoms with Gasteiger partial charge in [-0.05, 0) is 42.5 Å². The molecular weight excluding hydrogens is 326 g/mol. The number of hydrogen-bond donors (Lipinski definition) is 1. The summed E-state index contributed by atoms with van der Waals surface area (Å²) >= 11 is 0. The van der Waals surface area contributed by atoms with E-state index in [1.54, 1.807) is 10.8 Å². The molecule has 3 aromatic rings. The fourth-order valence-electron chi connectivity index (χ4n) is 3.65. The molecular formula is C20H23N5O. The van der Waals surface area contributed by atoms with E-state index in [0.717, 1.165) is 48.2 Å². The molecule has 1 aromatic carbocycles. The van der Waals surface area contributed by atoms with E-state index < -0.39 is 0 Å². The number of anilines is 1. The van der Waals surface area contributed by atoms with Gasteiger partial charge in [0.05, 0.1) is 5.52 Å². The summed E-state index contributed by atoms with van der Waals surface area (Å²) < 4.78 is 1.74. The van der Waals surface area contributed by atoms with E-state index in [1.807, 2.05) is 43.4 Å². The highest BCUT2D eigenvalue weighted by Gasteiger charge is 2.20. The van der Waals surface area contributed by atoms with E-state index in [1.165, 1.54) is 0 Å². The summed E-state index contributed by atoms with van der Waals surface area (Å²) in [6, 6.07) is 14.4. The smallest absolute Gasteiger partial charge is 0.255 e.